The van der Waals surface area contributed by atoms with E-state index in [0.29, 0.717) is 30.8 Å². The Kier molecular flexibility index (Phi) is 6.90. The molecule has 0 saturated carbocycles. The van der Waals surface area contributed by atoms with Crippen molar-refractivity contribution in [1.29, 1.82) is 0 Å². The van der Waals surface area contributed by atoms with Crippen LogP contribution in [-0.4, -0.2) is 53.5 Å². The molecule has 1 heterocycles. The summed E-state index contributed by atoms with van der Waals surface area (Å²) in [4.78, 5) is 15.1. The Morgan fingerprint density at radius 2 is 1.82 bits per heavy atom. The average molecular weight is 480 g/mol. The van der Waals surface area contributed by atoms with Gasteiger partial charge in [0.15, 0.2) is 0 Å². The lowest BCUT2D eigenvalue weighted by molar-refractivity contribution is 0.0941. The second-order valence-electron chi connectivity index (χ2n) is 8.45. The van der Waals surface area contributed by atoms with Crippen LogP contribution >= 0.6 is 0 Å². The third kappa shape index (κ3) is 4.78. The quantitative estimate of drug-likeness (QED) is 0.535. The third-order valence-electron chi connectivity index (χ3n) is 6.09. The monoisotopic (exact) mass is 479 g/mol. The van der Waals surface area contributed by atoms with Gasteiger partial charge in [-0.25, -0.2) is 8.42 Å². The topological polar surface area (TPSA) is 78.9 Å². The van der Waals surface area contributed by atoms with Crippen molar-refractivity contribution in [3.05, 3.63) is 89.5 Å². The number of ether oxygens (including phenoxy) is 1. The molecule has 0 spiro atoms. The van der Waals surface area contributed by atoms with Gasteiger partial charge in [-0.3, -0.25) is 9.10 Å². The predicted octanol–water partition coefficient (Wildman–Crippen LogP) is 3.48. The number of carbonyl (C=O) groups is 1. The number of likely N-dealkylation sites (N-methyl/N-ethyl adjacent to an activating group) is 1. The van der Waals surface area contributed by atoms with Crippen molar-refractivity contribution in [2.24, 2.45) is 0 Å². The normalized spacial score (nSPS) is 14.1. The molecule has 1 aliphatic rings. The molecule has 1 aliphatic heterocycles. The van der Waals surface area contributed by atoms with Crippen molar-refractivity contribution in [2.45, 2.75) is 17.4 Å². The van der Waals surface area contributed by atoms with Gasteiger partial charge >= 0.3 is 0 Å². The number of hydrogen-bond acceptors (Lipinski definition) is 5. The first-order valence-corrected chi connectivity index (χ1v) is 12.5. The summed E-state index contributed by atoms with van der Waals surface area (Å²) < 4.78 is 33.4. The number of rotatable bonds is 8. The zero-order chi connectivity index (χ0) is 24.3. The highest BCUT2D eigenvalue weighted by Crippen LogP contribution is 2.32. The Balaban J connectivity index is 1.52. The number of amides is 1. The van der Waals surface area contributed by atoms with Gasteiger partial charge in [0.1, 0.15) is 5.75 Å². The van der Waals surface area contributed by atoms with Crippen LogP contribution in [0.4, 0.5) is 5.69 Å². The smallest absolute Gasteiger partial charge is 0.264 e. The summed E-state index contributed by atoms with van der Waals surface area (Å²) in [5, 5.41) is 2.95. The number of fused-ring (bicyclic) bond motifs is 1. The molecule has 0 radical (unpaired) electrons. The highest BCUT2D eigenvalue weighted by atomic mass is 32.2. The second-order valence-corrected chi connectivity index (χ2v) is 10.3. The maximum absolute atomic E-state index is 13.3. The standard InChI is InChI=1S/C26H29N3O4S/c1-28(2)25(20-9-6-11-22(16-20)33-3)18-27-26(30)21-10-7-12-23(17-21)34(31,32)29-15-14-19-8-4-5-13-24(19)29/h4-13,16-17,25H,14-15,18H2,1-3H3,(H,27,30)/t25-/m1/s1. The van der Waals surface area contributed by atoms with Crippen molar-refractivity contribution in [1.82, 2.24) is 10.2 Å². The van der Waals surface area contributed by atoms with Crippen LogP contribution in [0.1, 0.15) is 27.5 Å². The van der Waals surface area contributed by atoms with Crippen LogP contribution < -0.4 is 14.4 Å². The van der Waals surface area contributed by atoms with Gasteiger partial charge in [0.25, 0.3) is 15.9 Å². The van der Waals surface area contributed by atoms with Gasteiger partial charge in [-0.05, 0) is 68.0 Å². The number of carbonyl (C=O) groups excluding carboxylic acids is 1. The van der Waals surface area contributed by atoms with E-state index in [0.717, 1.165) is 16.9 Å². The van der Waals surface area contributed by atoms with E-state index < -0.39 is 10.0 Å². The Labute approximate surface area is 201 Å². The highest BCUT2D eigenvalue weighted by molar-refractivity contribution is 7.92. The first-order valence-electron chi connectivity index (χ1n) is 11.1. The fourth-order valence-corrected chi connectivity index (χ4v) is 5.77. The molecule has 0 unspecified atom stereocenters. The largest absolute Gasteiger partial charge is 0.497 e. The Morgan fingerprint density at radius 3 is 2.59 bits per heavy atom. The van der Waals surface area contributed by atoms with Crippen molar-refractivity contribution in [2.75, 3.05) is 38.6 Å². The molecule has 1 N–H and O–H groups in total. The van der Waals surface area contributed by atoms with Crippen LogP contribution in [0.2, 0.25) is 0 Å². The van der Waals surface area contributed by atoms with Gasteiger partial charge in [-0.1, -0.05) is 36.4 Å². The lowest BCUT2D eigenvalue weighted by Gasteiger charge is -2.25. The molecule has 0 fully saturated rings. The fourth-order valence-electron chi connectivity index (χ4n) is 4.22. The molecule has 4 rings (SSSR count). The molecule has 0 aromatic heterocycles. The van der Waals surface area contributed by atoms with E-state index >= 15 is 0 Å². The number of para-hydroxylation sites is 1. The zero-order valence-corrected chi connectivity index (χ0v) is 20.4. The van der Waals surface area contributed by atoms with Crippen molar-refractivity contribution >= 4 is 21.6 Å². The van der Waals surface area contributed by atoms with Crippen LogP contribution in [0, 0.1) is 0 Å². The van der Waals surface area contributed by atoms with E-state index in [2.05, 4.69) is 5.32 Å². The van der Waals surface area contributed by atoms with Gasteiger partial charge in [0, 0.05) is 18.7 Å². The van der Waals surface area contributed by atoms with Gasteiger partial charge < -0.3 is 15.0 Å². The molecule has 3 aromatic carbocycles. The highest BCUT2D eigenvalue weighted by Gasteiger charge is 2.31. The lowest BCUT2D eigenvalue weighted by atomic mass is 10.1. The van der Waals surface area contributed by atoms with E-state index in [9.17, 15) is 13.2 Å². The van der Waals surface area contributed by atoms with Crippen molar-refractivity contribution in [3.8, 4) is 5.75 Å². The lowest BCUT2D eigenvalue weighted by Crippen LogP contribution is -2.34. The summed E-state index contributed by atoms with van der Waals surface area (Å²) in [5.74, 6) is 0.422. The molecule has 8 heteroatoms. The molecule has 1 amide bonds. The number of sulfonamides is 1. The summed E-state index contributed by atoms with van der Waals surface area (Å²) in [6.07, 6.45) is 0.672. The van der Waals surface area contributed by atoms with E-state index in [1.54, 1.807) is 19.2 Å². The van der Waals surface area contributed by atoms with Crippen LogP contribution in [0.3, 0.4) is 0 Å². The second kappa shape index (κ2) is 9.87. The summed E-state index contributed by atoms with van der Waals surface area (Å²) in [6.45, 7) is 0.749. The van der Waals surface area contributed by atoms with Gasteiger partial charge in [0.05, 0.1) is 23.7 Å². The Morgan fingerprint density at radius 1 is 1.06 bits per heavy atom. The van der Waals surface area contributed by atoms with E-state index in [1.165, 1.54) is 16.4 Å². The van der Waals surface area contributed by atoms with E-state index in [4.69, 9.17) is 4.74 Å². The molecule has 1 atom stereocenters. The molecule has 0 bridgehead atoms. The summed E-state index contributed by atoms with van der Waals surface area (Å²) in [7, 11) is 1.73. The van der Waals surface area contributed by atoms with Gasteiger partial charge in [0.2, 0.25) is 0 Å². The maximum Gasteiger partial charge on any atom is 0.264 e. The number of anilines is 1. The van der Waals surface area contributed by atoms with Gasteiger partial charge in [-0.2, -0.15) is 0 Å². The Hall–Kier alpha value is -3.36. The van der Waals surface area contributed by atoms with Gasteiger partial charge in [-0.15, -0.1) is 0 Å². The number of benzene rings is 3. The minimum absolute atomic E-state index is 0.0768. The minimum Gasteiger partial charge on any atom is -0.497 e. The fraction of sp³-hybridized carbons (Fsp3) is 0.269. The third-order valence-corrected chi connectivity index (χ3v) is 7.90. The Bertz CT molecular complexity index is 1290. The molecule has 34 heavy (non-hydrogen) atoms. The number of methoxy groups -OCH3 is 1. The molecule has 3 aromatic rings. The molecular formula is C26H29N3O4S. The van der Waals surface area contributed by atoms with Crippen LogP contribution in [-0.2, 0) is 16.4 Å². The predicted molar refractivity (Wildman–Crippen MR) is 133 cm³/mol. The van der Waals surface area contributed by atoms with Crippen molar-refractivity contribution < 1.29 is 17.9 Å². The van der Waals surface area contributed by atoms with E-state index in [-0.39, 0.29) is 16.8 Å². The molecular weight excluding hydrogens is 450 g/mol. The summed E-state index contributed by atoms with van der Waals surface area (Å²) in [5.41, 5.74) is 3.02. The molecule has 0 saturated heterocycles. The van der Waals surface area contributed by atoms with Crippen LogP contribution in [0.25, 0.3) is 0 Å². The maximum atomic E-state index is 13.3. The first kappa shape index (κ1) is 23.8. The van der Waals surface area contributed by atoms with Crippen LogP contribution in [0.15, 0.2) is 77.7 Å². The van der Waals surface area contributed by atoms with Crippen LogP contribution in [0.5, 0.6) is 5.75 Å². The first-order chi connectivity index (χ1) is 16.3. The SMILES string of the molecule is COc1cccc([C@@H](CNC(=O)c2cccc(S(=O)(=O)N3CCc4ccccc43)c2)N(C)C)c1. The number of hydrogen-bond donors (Lipinski definition) is 1. The summed E-state index contributed by atoms with van der Waals surface area (Å²) in [6, 6.07) is 21.4. The molecule has 0 aliphatic carbocycles. The minimum atomic E-state index is -3.77. The average Bonchev–Trinajstić information content (AvgIpc) is 3.29. The molecule has 178 valence electrons. The number of nitrogens with zero attached hydrogens (tertiary/aromatic N) is 2. The van der Waals surface area contributed by atoms with Crippen molar-refractivity contribution in [3.63, 3.8) is 0 Å². The summed E-state index contributed by atoms with van der Waals surface area (Å²) >= 11 is 0. The number of nitrogens with one attached hydrogen (secondary N) is 1. The zero-order valence-electron chi connectivity index (χ0n) is 19.6. The van der Waals surface area contributed by atoms with E-state index in [1.807, 2.05) is 67.5 Å². The molecule has 7 nitrogen and oxygen atoms in total.